The first-order valence-electron chi connectivity index (χ1n) is 6.54. The lowest BCUT2D eigenvalue weighted by molar-refractivity contribution is -0.109. The van der Waals surface area contributed by atoms with Crippen LogP contribution in [-0.2, 0) is 16.1 Å². The number of aliphatic hydroxyl groups is 1. The van der Waals surface area contributed by atoms with Gasteiger partial charge in [-0.1, -0.05) is 30.3 Å². The summed E-state index contributed by atoms with van der Waals surface area (Å²) in [5.41, 5.74) is 1.16. The molecule has 0 saturated heterocycles. The summed E-state index contributed by atoms with van der Waals surface area (Å²) in [6.07, 6.45) is 2.76. The molecule has 1 fully saturated rings. The molecule has 1 aliphatic rings. The Morgan fingerprint density at radius 1 is 1.28 bits per heavy atom. The molecule has 0 amide bonds. The van der Waals surface area contributed by atoms with E-state index in [1.54, 1.807) is 0 Å². The molecular weight excluding hydrogens is 228 g/mol. The van der Waals surface area contributed by atoms with Gasteiger partial charge in [0.05, 0.1) is 19.3 Å². The minimum atomic E-state index is -0.333. The number of aldehydes is 1. The monoisotopic (exact) mass is 248 g/mol. The zero-order valence-corrected chi connectivity index (χ0v) is 10.5. The molecule has 1 aliphatic carbocycles. The second kappa shape index (κ2) is 6.66. The molecule has 1 unspecified atom stereocenters. The number of rotatable bonds is 6. The van der Waals surface area contributed by atoms with Crippen molar-refractivity contribution < 1.29 is 14.6 Å². The molecule has 3 atom stereocenters. The molecule has 0 heterocycles. The van der Waals surface area contributed by atoms with Gasteiger partial charge in [0.2, 0.25) is 0 Å². The van der Waals surface area contributed by atoms with Crippen LogP contribution in [-0.4, -0.2) is 24.1 Å². The minimum Gasteiger partial charge on any atom is -0.393 e. The maximum absolute atomic E-state index is 10.6. The minimum absolute atomic E-state index is 0.0817. The molecule has 2 rings (SSSR count). The van der Waals surface area contributed by atoms with Crippen LogP contribution in [0.25, 0.3) is 0 Å². The Labute approximate surface area is 108 Å². The maximum atomic E-state index is 10.6. The number of ether oxygens (including phenoxy) is 1. The van der Waals surface area contributed by atoms with Gasteiger partial charge in [-0.05, 0) is 30.2 Å². The third-order valence-electron chi connectivity index (χ3n) is 3.74. The van der Waals surface area contributed by atoms with Gasteiger partial charge in [0.25, 0.3) is 0 Å². The van der Waals surface area contributed by atoms with Crippen LogP contribution in [0, 0.1) is 11.8 Å². The van der Waals surface area contributed by atoms with Crippen molar-refractivity contribution in [3.63, 3.8) is 0 Å². The molecule has 1 N–H and O–H groups in total. The standard InChI is InChI=1S/C15H20O3/c16-9-8-14-13(6-7-15(14)17)11-18-10-12-4-2-1-3-5-12/h1-5,9,13-15,17H,6-8,10-11H2/t13?,14-,15+/m1/s1. The van der Waals surface area contributed by atoms with Crippen molar-refractivity contribution in [2.75, 3.05) is 6.61 Å². The summed E-state index contributed by atoms with van der Waals surface area (Å²) in [5, 5.41) is 9.79. The van der Waals surface area contributed by atoms with Crippen molar-refractivity contribution >= 4 is 6.29 Å². The molecule has 0 spiro atoms. The van der Waals surface area contributed by atoms with E-state index in [0.717, 1.165) is 24.7 Å². The molecule has 1 saturated carbocycles. The van der Waals surface area contributed by atoms with Crippen molar-refractivity contribution in [2.45, 2.75) is 32.0 Å². The Balaban J connectivity index is 1.77. The van der Waals surface area contributed by atoms with Gasteiger partial charge in [0.15, 0.2) is 0 Å². The van der Waals surface area contributed by atoms with Gasteiger partial charge in [-0.3, -0.25) is 0 Å². The predicted octanol–water partition coefficient (Wildman–Crippen LogP) is 2.18. The third-order valence-corrected chi connectivity index (χ3v) is 3.74. The third kappa shape index (κ3) is 3.40. The second-order valence-corrected chi connectivity index (χ2v) is 4.97. The highest BCUT2D eigenvalue weighted by Crippen LogP contribution is 2.34. The lowest BCUT2D eigenvalue weighted by atomic mass is 9.93. The second-order valence-electron chi connectivity index (χ2n) is 4.97. The van der Waals surface area contributed by atoms with Crippen molar-refractivity contribution in [1.29, 1.82) is 0 Å². The first kappa shape index (κ1) is 13.2. The highest BCUT2D eigenvalue weighted by atomic mass is 16.5. The van der Waals surface area contributed by atoms with Crippen molar-refractivity contribution in [2.24, 2.45) is 11.8 Å². The maximum Gasteiger partial charge on any atom is 0.120 e. The lowest BCUT2D eigenvalue weighted by Crippen LogP contribution is -2.22. The zero-order valence-electron chi connectivity index (χ0n) is 10.5. The van der Waals surface area contributed by atoms with Crippen LogP contribution in [0.5, 0.6) is 0 Å². The fourth-order valence-electron chi connectivity index (χ4n) is 2.70. The van der Waals surface area contributed by atoms with Crippen LogP contribution in [0.3, 0.4) is 0 Å². The van der Waals surface area contributed by atoms with Gasteiger partial charge >= 0.3 is 0 Å². The van der Waals surface area contributed by atoms with Gasteiger partial charge in [0, 0.05) is 6.42 Å². The van der Waals surface area contributed by atoms with E-state index < -0.39 is 0 Å². The summed E-state index contributed by atoms with van der Waals surface area (Å²) in [7, 11) is 0. The fourth-order valence-corrected chi connectivity index (χ4v) is 2.70. The molecule has 0 aliphatic heterocycles. The number of aliphatic hydroxyl groups excluding tert-OH is 1. The highest BCUT2D eigenvalue weighted by molar-refractivity contribution is 5.50. The molecule has 0 radical (unpaired) electrons. The first-order valence-corrected chi connectivity index (χ1v) is 6.54. The van der Waals surface area contributed by atoms with Crippen molar-refractivity contribution in [1.82, 2.24) is 0 Å². The van der Waals surface area contributed by atoms with Crippen LogP contribution < -0.4 is 0 Å². The van der Waals surface area contributed by atoms with E-state index in [4.69, 9.17) is 4.74 Å². The number of hydrogen-bond acceptors (Lipinski definition) is 3. The summed E-state index contributed by atoms with van der Waals surface area (Å²) in [4.78, 5) is 10.6. The van der Waals surface area contributed by atoms with E-state index in [-0.39, 0.29) is 12.0 Å². The Hall–Kier alpha value is -1.19. The van der Waals surface area contributed by atoms with Gasteiger partial charge < -0.3 is 14.6 Å². The van der Waals surface area contributed by atoms with Crippen LogP contribution in [0.1, 0.15) is 24.8 Å². The fraction of sp³-hybridized carbons (Fsp3) is 0.533. The lowest BCUT2D eigenvalue weighted by Gasteiger charge is -2.19. The van der Waals surface area contributed by atoms with Crippen molar-refractivity contribution in [3.05, 3.63) is 35.9 Å². The molecular formula is C15H20O3. The molecule has 3 heteroatoms. The largest absolute Gasteiger partial charge is 0.393 e. The summed E-state index contributed by atoms with van der Waals surface area (Å²) >= 11 is 0. The van der Waals surface area contributed by atoms with E-state index in [2.05, 4.69) is 0 Å². The van der Waals surface area contributed by atoms with Gasteiger partial charge in [-0.15, -0.1) is 0 Å². The molecule has 1 aromatic carbocycles. The Kier molecular flexibility index (Phi) is 4.90. The van der Waals surface area contributed by atoms with E-state index in [9.17, 15) is 9.90 Å². The van der Waals surface area contributed by atoms with E-state index in [0.29, 0.717) is 25.6 Å². The molecule has 98 valence electrons. The SMILES string of the molecule is O=CC[C@@H]1C(COCc2ccccc2)CC[C@@H]1O. The zero-order chi connectivity index (χ0) is 12.8. The predicted molar refractivity (Wildman–Crippen MR) is 69.0 cm³/mol. The van der Waals surface area contributed by atoms with Gasteiger partial charge in [-0.2, -0.15) is 0 Å². The van der Waals surface area contributed by atoms with Crippen molar-refractivity contribution in [3.8, 4) is 0 Å². The molecule has 18 heavy (non-hydrogen) atoms. The first-order chi connectivity index (χ1) is 8.81. The number of benzene rings is 1. The average molecular weight is 248 g/mol. The summed E-state index contributed by atoms with van der Waals surface area (Å²) in [6.45, 7) is 1.23. The Bertz CT molecular complexity index is 363. The number of carbonyl (C=O) groups is 1. The highest BCUT2D eigenvalue weighted by Gasteiger charge is 2.34. The van der Waals surface area contributed by atoms with Gasteiger partial charge in [-0.25, -0.2) is 0 Å². The number of hydrogen-bond donors (Lipinski definition) is 1. The van der Waals surface area contributed by atoms with Crippen LogP contribution in [0.15, 0.2) is 30.3 Å². The summed E-state index contributed by atoms with van der Waals surface area (Å²) in [6, 6.07) is 10.0. The average Bonchev–Trinajstić information content (AvgIpc) is 2.73. The van der Waals surface area contributed by atoms with Crippen LogP contribution >= 0.6 is 0 Å². The topological polar surface area (TPSA) is 46.5 Å². The molecule has 0 aromatic heterocycles. The normalized spacial score (nSPS) is 27.3. The Morgan fingerprint density at radius 3 is 2.78 bits per heavy atom. The Morgan fingerprint density at radius 2 is 2.06 bits per heavy atom. The van der Waals surface area contributed by atoms with E-state index >= 15 is 0 Å². The molecule has 3 nitrogen and oxygen atoms in total. The molecule has 1 aromatic rings. The summed E-state index contributed by atoms with van der Waals surface area (Å²) in [5.74, 6) is 0.396. The van der Waals surface area contributed by atoms with E-state index in [1.165, 1.54) is 0 Å². The molecule has 0 bridgehead atoms. The summed E-state index contributed by atoms with van der Waals surface area (Å²) < 4.78 is 5.70. The van der Waals surface area contributed by atoms with E-state index in [1.807, 2.05) is 30.3 Å². The smallest absolute Gasteiger partial charge is 0.120 e. The van der Waals surface area contributed by atoms with Crippen LogP contribution in [0.4, 0.5) is 0 Å². The van der Waals surface area contributed by atoms with Crippen LogP contribution in [0.2, 0.25) is 0 Å². The van der Waals surface area contributed by atoms with Gasteiger partial charge in [0.1, 0.15) is 6.29 Å². The quantitative estimate of drug-likeness (QED) is 0.785. The number of carbonyl (C=O) groups excluding carboxylic acids is 1.